The van der Waals surface area contributed by atoms with E-state index in [-0.39, 0.29) is 0 Å². The largest absolute Gasteiger partial charge is 0.480 e. The molecule has 1 aliphatic heterocycles. The molecule has 0 atom stereocenters. The highest BCUT2D eigenvalue weighted by molar-refractivity contribution is 7.58. The maximum Gasteiger partial charge on any atom is 0.328 e. The molecule has 0 spiro atoms. The molecule has 0 saturated carbocycles. The molecular formula is C11H11N3O3S. The predicted molar refractivity (Wildman–Crippen MR) is 67.2 cm³/mol. The number of nitrogens with zero attached hydrogens (tertiary/aromatic N) is 2. The van der Waals surface area contributed by atoms with Gasteiger partial charge in [0.05, 0.1) is 11.4 Å². The van der Waals surface area contributed by atoms with E-state index in [9.17, 15) is 9.59 Å². The molecule has 0 radical (unpaired) electrons. The molecule has 7 heteroatoms. The van der Waals surface area contributed by atoms with Gasteiger partial charge >= 0.3 is 5.97 Å². The smallest absolute Gasteiger partial charge is 0.328 e. The van der Waals surface area contributed by atoms with Gasteiger partial charge < -0.3 is 10.4 Å². The minimum Gasteiger partial charge on any atom is -0.480 e. The SMILES string of the molecule is CC(C)(NC(=O)c1ccc2c(c1)N=S=N2)C(=O)O. The van der Waals surface area contributed by atoms with E-state index in [0.29, 0.717) is 16.9 Å². The first-order valence-electron chi connectivity index (χ1n) is 5.18. The van der Waals surface area contributed by atoms with Gasteiger partial charge in [-0.2, -0.15) is 8.73 Å². The van der Waals surface area contributed by atoms with E-state index in [1.807, 2.05) is 0 Å². The van der Waals surface area contributed by atoms with Crippen molar-refractivity contribution in [3.8, 4) is 0 Å². The average molecular weight is 265 g/mol. The van der Waals surface area contributed by atoms with Gasteiger partial charge in [-0.1, -0.05) is 0 Å². The Bertz CT molecular complexity index is 604. The predicted octanol–water partition coefficient (Wildman–Crippen LogP) is 2.01. The lowest BCUT2D eigenvalue weighted by molar-refractivity contribution is -0.143. The number of hydrogen-bond acceptors (Lipinski definition) is 4. The minimum atomic E-state index is -1.31. The maximum atomic E-state index is 11.9. The van der Waals surface area contributed by atoms with Gasteiger partial charge in [-0.15, -0.1) is 0 Å². The highest BCUT2D eigenvalue weighted by atomic mass is 32.1. The van der Waals surface area contributed by atoms with Gasteiger partial charge in [-0.25, -0.2) is 4.79 Å². The molecule has 1 aromatic carbocycles. The number of nitrogens with one attached hydrogen (secondary N) is 1. The summed E-state index contributed by atoms with van der Waals surface area (Å²) >= 11 is 1.07. The molecule has 0 aromatic heterocycles. The highest BCUT2D eigenvalue weighted by Crippen LogP contribution is 2.32. The molecule has 1 heterocycles. The lowest BCUT2D eigenvalue weighted by Crippen LogP contribution is -2.49. The van der Waals surface area contributed by atoms with Crippen LogP contribution >= 0.6 is 0 Å². The molecule has 0 aliphatic carbocycles. The molecule has 0 fully saturated rings. The van der Waals surface area contributed by atoms with Crippen molar-refractivity contribution in [2.24, 2.45) is 8.73 Å². The van der Waals surface area contributed by atoms with E-state index < -0.39 is 17.4 Å². The summed E-state index contributed by atoms with van der Waals surface area (Å²) in [6.45, 7) is 2.85. The average Bonchev–Trinajstić information content (AvgIpc) is 2.74. The van der Waals surface area contributed by atoms with Crippen molar-refractivity contribution in [1.29, 1.82) is 0 Å². The maximum absolute atomic E-state index is 11.9. The number of carbonyl (C=O) groups excluding carboxylic acids is 1. The zero-order valence-corrected chi connectivity index (χ0v) is 10.6. The van der Waals surface area contributed by atoms with Crippen molar-refractivity contribution in [2.75, 3.05) is 0 Å². The Morgan fingerprint density at radius 3 is 2.61 bits per heavy atom. The third-order valence-corrected chi connectivity index (χ3v) is 3.03. The normalized spacial score (nSPS) is 12.8. The molecule has 0 saturated heterocycles. The monoisotopic (exact) mass is 265 g/mol. The summed E-state index contributed by atoms with van der Waals surface area (Å²) < 4.78 is 8.05. The van der Waals surface area contributed by atoms with Crippen LogP contribution in [0.25, 0.3) is 0 Å². The van der Waals surface area contributed by atoms with E-state index in [1.54, 1.807) is 18.2 Å². The molecule has 18 heavy (non-hydrogen) atoms. The quantitative estimate of drug-likeness (QED) is 0.889. The van der Waals surface area contributed by atoms with Gasteiger partial charge in [-0.3, -0.25) is 4.79 Å². The number of aliphatic carboxylic acids is 1. The van der Waals surface area contributed by atoms with Crippen LogP contribution in [0.4, 0.5) is 11.4 Å². The van der Waals surface area contributed by atoms with Crippen LogP contribution in [0.2, 0.25) is 0 Å². The van der Waals surface area contributed by atoms with Gasteiger partial charge in [-0.05, 0) is 32.0 Å². The van der Waals surface area contributed by atoms with Gasteiger partial charge in [0.15, 0.2) is 0 Å². The Balaban J connectivity index is 2.21. The molecule has 6 nitrogen and oxygen atoms in total. The molecule has 0 bridgehead atoms. The van der Waals surface area contributed by atoms with Crippen molar-refractivity contribution in [3.63, 3.8) is 0 Å². The Kier molecular flexibility index (Phi) is 3.00. The van der Waals surface area contributed by atoms with Crippen molar-refractivity contribution < 1.29 is 14.7 Å². The second-order valence-electron chi connectivity index (χ2n) is 4.35. The van der Waals surface area contributed by atoms with Crippen molar-refractivity contribution >= 4 is 34.6 Å². The summed E-state index contributed by atoms with van der Waals surface area (Å²) in [5, 5.41) is 11.4. The summed E-state index contributed by atoms with van der Waals surface area (Å²) in [4.78, 5) is 22.8. The summed E-state index contributed by atoms with van der Waals surface area (Å²) in [5.74, 6) is -1.54. The van der Waals surface area contributed by atoms with Crippen LogP contribution in [-0.2, 0) is 16.1 Å². The van der Waals surface area contributed by atoms with E-state index >= 15 is 0 Å². The van der Waals surface area contributed by atoms with E-state index in [2.05, 4.69) is 14.0 Å². The number of benzene rings is 1. The first-order chi connectivity index (χ1) is 8.40. The summed E-state index contributed by atoms with van der Waals surface area (Å²) in [6, 6.07) is 4.87. The van der Waals surface area contributed by atoms with Gasteiger partial charge in [0.2, 0.25) is 0 Å². The van der Waals surface area contributed by atoms with Gasteiger partial charge in [0, 0.05) is 5.56 Å². The standard InChI is InChI=1S/C11H11N3O3S/c1-11(2,10(16)17)12-9(15)6-3-4-7-8(5-6)14-18-13-7/h3-5H,1-2H3,(H,12,15)(H,16,17). The number of amides is 1. The van der Waals surface area contributed by atoms with Crippen LogP contribution < -0.4 is 5.32 Å². The van der Waals surface area contributed by atoms with Crippen LogP contribution in [-0.4, -0.2) is 22.5 Å². The van der Waals surface area contributed by atoms with Crippen LogP contribution in [0.1, 0.15) is 24.2 Å². The second-order valence-corrected chi connectivity index (χ2v) is 4.88. The van der Waals surface area contributed by atoms with Gasteiger partial charge in [0.1, 0.15) is 16.9 Å². The number of hydrogen-bond donors (Lipinski definition) is 2. The number of carbonyl (C=O) groups is 2. The Labute approximate surface area is 107 Å². The fourth-order valence-corrected chi connectivity index (χ4v) is 1.85. The van der Waals surface area contributed by atoms with Crippen molar-refractivity contribution in [3.05, 3.63) is 23.8 Å². The molecule has 1 aliphatic rings. The zero-order valence-electron chi connectivity index (χ0n) is 9.80. The summed E-state index contributed by atoms with van der Waals surface area (Å²) in [6.07, 6.45) is 0. The third kappa shape index (κ3) is 2.30. The zero-order chi connectivity index (χ0) is 13.3. The molecule has 94 valence electrons. The Morgan fingerprint density at radius 1 is 1.28 bits per heavy atom. The molecule has 2 rings (SSSR count). The topological polar surface area (TPSA) is 91.1 Å². The second kappa shape index (κ2) is 4.34. The van der Waals surface area contributed by atoms with E-state index in [1.165, 1.54) is 13.8 Å². The van der Waals surface area contributed by atoms with Crippen molar-refractivity contribution in [2.45, 2.75) is 19.4 Å². The third-order valence-electron chi connectivity index (χ3n) is 2.48. The Hall–Kier alpha value is -2.02. The number of carboxylic acid groups (broad SMARTS) is 1. The minimum absolute atomic E-state index is 0.365. The van der Waals surface area contributed by atoms with Gasteiger partial charge in [0.25, 0.3) is 5.91 Å². The summed E-state index contributed by atoms with van der Waals surface area (Å²) in [7, 11) is 0. The molecular weight excluding hydrogens is 254 g/mol. The lowest BCUT2D eigenvalue weighted by Gasteiger charge is -2.20. The van der Waals surface area contributed by atoms with E-state index in [0.717, 1.165) is 11.4 Å². The number of fused-ring (bicyclic) bond motifs is 1. The molecule has 0 unspecified atom stereocenters. The van der Waals surface area contributed by atoms with Crippen LogP contribution in [0.3, 0.4) is 0 Å². The molecule has 2 N–H and O–H groups in total. The lowest BCUT2D eigenvalue weighted by atomic mass is 10.0. The fourth-order valence-electron chi connectivity index (χ4n) is 1.33. The summed E-state index contributed by atoms with van der Waals surface area (Å²) in [5.41, 5.74) is 0.395. The Morgan fingerprint density at radius 2 is 1.94 bits per heavy atom. The van der Waals surface area contributed by atoms with Crippen LogP contribution in [0, 0.1) is 0 Å². The first-order valence-corrected chi connectivity index (χ1v) is 5.91. The number of carboxylic acids is 1. The van der Waals surface area contributed by atoms with Crippen molar-refractivity contribution in [1.82, 2.24) is 5.32 Å². The first kappa shape index (κ1) is 12.4. The fraction of sp³-hybridized carbons (Fsp3) is 0.273. The number of rotatable bonds is 3. The van der Waals surface area contributed by atoms with E-state index in [4.69, 9.17) is 5.11 Å². The molecule has 1 amide bonds. The molecule has 1 aromatic rings. The highest BCUT2D eigenvalue weighted by Gasteiger charge is 2.29. The van der Waals surface area contributed by atoms with Crippen LogP contribution in [0.15, 0.2) is 26.9 Å². The van der Waals surface area contributed by atoms with Crippen LogP contribution in [0.5, 0.6) is 0 Å².